The number of ether oxygens (including phenoxy) is 1. The lowest BCUT2D eigenvalue weighted by molar-refractivity contribution is -0.274. The van der Waals surface area contributed by atoms with Crippen molar-refractivity contribution < 1.29 is 22.7 Å². The lowest BCUT2D eigenvalue weighted by Crippen LogP contribution is -2.21. The molecule has 6 nitrogen and oxygen atoms in total. The van der Waals surface area contributed by atoms with Crippen LogP contribution in [0.1, 0.15) is 15.9 Å². The fourth-order valence-electron chi connectivity index (χ4n) is 2.94. The van der Waals surface area contributed by atoms with Gasteiger partial charge in [0.2, 0.25) is 5.78 Å². The number of carbonyl (C=O) groups is 1. The minimum atomic E-state index is -4.90. The summed E-state index contributed by atoms with van der Waals surface area (Å²) in [5, 5.41) is 2.66. The zero-order chi connectivity index (χ0) is 21.3. The van der Waals surface area contributed by atoms with Crippen LogP contribution in [-0.4, -0.2) is 26.6 Å². The number of rotatable bonds is 4. The van der Waals surface area contributed by atoms with Gasteiger partial charge in [-0.1, -0.05) is 24.3 Å². The molecule has 2 heterocycles. The van der Waals surface area contributed by atoms with Crippen LogP contribution in [0.15, 0.2) is 67.1 Å². The third-order valence-corrected chi connectivity index (χ3v) is 4.37. The summed E-state index contributed by atoms with van der Waals surface area (Å²) in [5.41, 5.74) is 2.33. The standard InChI is InChI=1S/C21H15F3N4O2/c1-13-7-8-14(17-12-28-10-4-9-25-20(28)27-17)11-16(13)26-19(29)15-5-2-3-6-18(15)30-21(22,23)24/h2-12H,1H3,(H,26,29). The van der Waals surface area contributed by atoms with Crippen LogP contribution in [0.2, 0.25) is 0 Å². The first kappa shape index (κ1) is 19.4. The monoisotopic (exact) mass is 412 g/mol. The molecule has 0 spiro atoms. The molecule has 0 bridgehead atoms. The third-order valence-electron chi connectivity index (χ3n) is 4.37. The van der Waals surface area contributed by atoms with Crippen LogP contribution in [0.25, 0.3) is 17.0 Å². The number of alkyl halides is 3. The molecule has 0 aliphatic rings. The Hall–Kier alpha value is -3.88. The molecule has 152 valence electrons. The Kier molecular flexibility index (Phi) is 4.86. The van der Waals surface area contributed by atoms with Crippen molar-refractivity contribution in [1.29, 1.82) is 0 Å². The number of nitrogens with one attached hydrogen (secondary N) is 1. The summed E-state index contributed by atoms with van der Waals surface area (Å²) >= 11 is 0. The third kappa shape index (κ3) is 4.09. The lowest BCUT2D eigenvalue weighted by Gasteiger charge is -2.14. The molecule has 2 aromatic carbocycles. The summed E-state index contributed by atoms with van der Waals surface area (Å²) in [6.45, 7) is 1.78. The summed E-state index contributed by atoms with van der Waals surface area (Å²) in [4.78, 5) is 21.3. The number of imidazole rings is 1. The number of aromatic nitrogens is 3. The second kappa shape index (κ2) is 7.51. The van der Waals surface area contributed by atoms with Crippen molar-refractivity contribution in [3.63, 3.8) is 0 Å². The molecular weight excluding hydrogens is 397 g/mol. The Morgan fingerprint density at radius 1 is 1.13 bits per heavy atom. The van der Waals surface area contributed by atoms with E-state index >= 15 is 0 Å². The molecule has 0 unspecified atom stereocenters. The number of benzene rings is 2. The highest BCUT2D eigenvalue weighted by Gasteiger charge is 2.32. The quantitative estimate of drug-likeness (QED) is 0.520. The van der Waals surface area contributed by atoms with E-state index in [1.165, 1.54) is 18.2 Å². The summed E-state index contributed by atoms with van der Waals surface area (Å²) in [7, 11) is 0. The highest BCUT2D eigenvalue weighted by molar-refractivity contribution is 6.06. The summed E-state index contributed by atoms with van der Waals surface area (Å²) in [6.07, 6.45) is 0.342. The minimum absolute atomic E-state index is 0.225. The van der Waals surface area contributed by atoms with Gasteiger partial charge in [0, 0.05) is 29.8 Å². The maximum atomic E-state index is 12.7. The number of carbonyl (C=O) groups excluding carboxylic acids is 1. The van der Waals surface area contributed by atoms with Gasteiger partial charge in [0.15, 0.2) is 0 Å². The van der Waals surface area contributed by atoms with Crippen molar-refractivity contribution >= 4 is 17.4 Å². The van der Waals surface area contributed by atoms with E-state index in [9.17, 15) is 18.0 Å². The second-order valence-electron chi connectivity index (χ2n) is 6.48. The first-order valence-corrected chi connectivity index (χ1v) is 8.87. The molecule has 0 aliphatic heterocycles. The molecule has 0 radical (unpaired) electrons. The van der Waals surface area contributed by atoms with Crippen molar-refractivity contribution in [3.05, 3.63) is 78.2 Å². The maximum absolute atomic E-state index is 12.7. The molecule has 1 N–H and O–H groups in total. The highest BCUT2D eigenvalue weighted by atomic mass is 19.4. The van der Waals surface area contributed by atoms with E-state index in [4.69, 9.17) is 0 Å². The number of fused-ring (bicyclic) bond motifs is 1. The Bertz CT molecular complexity index is 1200. The molecule has 0 saturated heterocycles. The zero-order valence-electron chi connectivity index (χ0n) is 15.6. The number of halogens is 3. The Morgan fingerprint density at radius 3 is 2.70 bits per heavy atom. The molecule has 9 heteroatoms. The van der Waals surface area contributed by atoms with Gasteiger partial charge < -0.3 is 10.1 Å². The number of hydrogen-bond donors (Lipinski definition) is 1. The van der Waals surface area contributed by atoms with Crippen molar-refractivity contribution in [2.45, 2.75) is 13.3 Å². The van der Waals surface area contributed by atoms with Gasteiger partial charge in [0.25, 0.3) is 5.91 Å². The molecule has 0 fully saturated rings. The summed E-state index contributed by atoms with van der Waals surface area (Å²) < 4.78 is 43.6. The van der Waals surface area contributed by atoms with Gasteiger partial charge in [0.1, 0.15) is 5.75 Å². The van der Waals surface area contributed by atoms with Crippen LogP contribution in [0.4, 0.5) is 18.9 Å². The van der Waals surface area contributed by atoms with Gasteiger partial charge in [-0.2, -0.15) is 0 Å². The first-order valence-electron chi connectivity index (χ1n) is 8.87. The molecule has 0 atom stereocenters. The fraction of sp³-hybridized carbons (Fsp3) is 0.0952. The maximum Gasteiger partial charge on any atom is 0.573 e. The molecule has 0 saturated carbocycles. The van der Waals surface area contributed by atoms with E-state index < -0.39 is 18.0 Å². The van der Waals surface area contributed by atoms with E-state index in [2.05, 4.69) is 20.0 Å². The van der Waals surface area contributed by atoms with Crippen molar-refractivity contribution in [2.24, 2.45) is 0 Å². The van der Waals surface area contributed by atoms with Crippen molar-refractivity contribution in [2.75, 3.05) is 5.32 Å². The van der Waals surface area contributed by atoms with Crippen LogP contribution in [-0.2, 0) is 0 Å². The molecule has 1 amide bonds. The number of amides is 1. The van der Waals surface area contributed by atoms with Gasteiger partial charge in [-0.3, -0.25) is 9.20 Å². The van der Waals surface area contributed by atoms with Crippen LogP contribution in [0.3, 0.4) is 0 Å². The van der Waals surface area contributed by atoms with Crippen LogP contribution >= 0.6 is 0 Å². The SMILES string of the molecule is Cc1ccc(-c2cn3cccnc3n2)cc1NC(=O)c1ccccc1OC(F)(F)F. The number of nitrogens with zero attached hydrogens (tertiary/aromatic N) is 3. The van der Waals surface area contributed by atoms with E-state index in [0.717, 1.165) is 17.2 Å². The first-order chi connectivity index (χ1) is 14.3. The van der Waals surface area contributed by atoms with E-state index in [1.54, 1.807) is 41.9 Å². The number of anilines is 1. The lowest BCUT2D eigenvalue weighted by atomic mass is 10.1. The molecule has 4 rings (SSSR count). The van der Waals surface area contributed by atoms with E-state index in [1.807, 2.05) is 12.3 Å². The average molecular weight is 412 g/mol. The van der Waals surface area contributed by atoms with Crippen LogP contribution < -0.4 is 10.1 Å². The molecular formula is C21H15F3N4O2. The van der Waals surface area contributed by atoms with E-state index in [-0.39, 0.29) is 5.56 Å². The number of aryl methyl sites for hydroxylation is 1. The number of para-hydroxylation sites is 1. The molecule has 2 aromatic heterocycles. The normalized spacial score (nSPS) is 11.5. The Labute approximate surface area is 169 Å². The topological polar surface area (TPSA) is 68.5 Å². The van der Waals surface area contributed by atoms with Crippen molar-refractivity contribution in [3.8, 4) is 17.0 Å². The smallest absolute Gasteiger partial charge is 0.405 e. The minimum Gasteiger partial charge on any atom is -0.405 e. The zero-order valence-corrected chi connectivity index (χ0v) is 15.6. The Balaban J connectivity index is 1.64. The largest absolute Gasteiger partial charge is 0.573 e. The number of hydrogen-bond acceptors (Lipinski definition) is 4. The molecule has 30 heavy (non-hydrogen) atoms. The Morgan fingerprint density at radius 2 is 1.93 bits per heavy atom. The highest BCUT2D eigenvalue weighted by Crippen LogP contribution is 2.29. The van der Waals surface area contributed by atoms with Gasteiger partial charge in [0.05, 0.1) is 11.3 Å². The summed E-state index contributed by atoms with van der Waals surface area (Å²) in [6, 6.07) is 12.3. The van der Waals surface area contributed by atoms with Gasteiger partial charge in [-0.25, -0.2) is 9.97 Å². The van der Waals surface area contributed by atoms with Gasteiger partial charge in [-0.05, 0) is 36.8 Å². The van der Waals surface area contributed by atoms with Crippen molar-refractivity contribution in [1.82, 2.24) is 14.4 Å². The van der Waals surface area contributed by atoms with Gasteiger partial charge >= 0.3 is 6.36 Å². The molecule has 0 aliphatic carbocycles. The van der Waals surface area contributed by atoms with Gasteiger partial charge in [-0.15, -0.1) is 13.2 Å². The van der Waals surface area contributed by atoms with E-state index in [0.29, 0.717) is 17.2 Å². The fourth-order valence-corrected chi connectivity index (χ4v) is 2.94. The predicted molar refractivity (Wildman–Crippen MR) is 104 cm³/mol. The van der Waals surface area contributed by atoms with Crippen LogP contribution in [0.5, 0.6) is 5.75 Å². The second-order valence-corrected chi connectivity index (χ2v) is 6.48. The molecule has 4 aromatic rings. The summed E-state index contributed by atoms with van der Waals surface area (Å²) in [5.74, 6) is -0.758. The average Bonchev–Trinajstić information content (AvgIpc) is 3.13. The predicted octanol–water partition coefficient (Wildman–Crippen LogP) is 4.86. The van der Waals surface area contributed by atoms with Crippen LogP contribution in [0, 0.1) is 6.92 Å².